The minimum atomic E-state index is -1.29. The highest BCUT2D eigenvalue weighted by Crippen LogP contribution is 2.27. The maximum Gasteiger partial charge on any atom is 0.254 e. The van der Waals surface area contributed by atoms with E-state index in [0.29, 0.717) is 29.8 Å². The molecule has 1 unspecified atom stereocenters. The van der Waals surface area contributed by atoms with Crippen LogP contribution in [0.15, 0.2) is 72.8 Å². The number of carbonyl (C=O) groups is 3. The van der Waals surface area contributed by atoms with Crippen LogP contribution >= 0.6 is 0 Å². The Bertz CT molecular complexity index is 1560. The van der Waals surface area contributed by atoms with Crippen molar-refractivity contribution in [1.29, 1.82) is 0 Å². The van der Waals surface area contributed by atoms with Crippen LogP contribution in [0.25, 0.3) is 18.2 Å². The minimum absolute atomic E-state index is 0.0335. The molecule has 0 radical (unpaired) electrons. The van der Waals surface area contributed by atoms with Gasteiger partial charge in [0.05, 0.1) is 0 Å². The first-order valence-electron chi connectivity index (χ1n) is 14.4. The van der Waals surface area contributed by atoms with Crippen LogP contribution < -0.4 is 11.1 Å². The van der Waals surface area contributed by atoms with E-state index < -0.39 is 40.9 Å². The molecule has 0 saturated carbocycles. The van der Waals surface area contributed by atoms with Crippen LogP contribution in [-0.4, -0.2) is 78.8 Å². The molecular weight excluding hydrogens is 594 g/mol. The van der Waals surface area contributed by atoms with Gasteiger partial charge in [0, 0.05) is 12.2 Å². The molecule has 9 N–H and O–H groups in total. The molecule has 0 fully saturated rings. The fourth-order valence-corrected chi connectivity index (χ4v) is 4.29. The Morgan fingerprint density at radius 1 is 0.630 bits per heavy atom. The fourth-order valence-electron chi connectivity index (χ4n) is 4.29. The molecule has 3 rings (SSSR count). The number of nitrogens with two attached hydrogens (primary N) is 1. The first-order valence-corrected chi connectivity index (χ1v) is 14.4. The van der Waals surface area contributed by atoms with E-state index in [0.717, 1.165) is 29.9 Å². The first-order chi connectivity index (χ1) is 22.0. The third-order valence-corrected chi connectivity index (χ3v) is 6.79. The Morgan fingerprint density at radius 3 is 1.48 bits per heavy atom. The van der Waals surface area contributed by atoms with E-state index in [-0.39, 0.29) is 30.2 Å². The van der Waals surface area contributed by atoms with Crippen molar-refractivity contribution in [2.75, 3.05) is 19.6 Å². The number of benzene rings is 3. The highest BCUT2D eigenvalue weighted by Gasteiger charge is 2.31. The lowest BCUT2D eigenvalue weighted by Crippen LogP contribution is -2.48. The lowest BCUT2D eigenvalue weighted by Gasteiger charge is -2.27. The number of carbonyl (C=O) groups excluding carboxylic acids is 3. The average Bonchev–Trinajstić information content (AvgIpc) is 3.03. The number of phenolic OH excluding ortho intramolecular Hbond substituents is 6. The quantitative estimate of drug-likeness (QED) is 0.0691. The van der Waals surface area contributed by atoms with Crippen LogP contribution in [0.5, 0.6) is 34.5 Å². The molecule has 12 nitrogen and oxygen atoms in total. The number of unbranched alkanes of at least 4 members (excludes halogenated alkanes) is 1. The summed E-state index contributed by atoms with van der Waals surface area (Å²) in [5.74, 6) is -4.59. The smallest absolute Gasteiger partial charge is 0.254 e. The first kappa shape index (κ1) is 34.9. The molecular formula is C34H37N3O9. The standard InChI is InChI=1S/C34H37N3O9/c35-16-1-2-17-36-18-15-25(26(38)9-3-22-4-10-27(39)30(42)19-22)37(33(45)13-7-23-5-11-28(40)31(43)20-23)34(46)14-8-24-6-12-29(41)32(44)21-24/h3-14,19-21,25,36,39-44H,1-2,15-18,35H2. The van der Waals surface area contributed by atoms with Gasteiger partial charge >= 0.3 is 0 Å². The molecule has 0 heterocycles. The number of aromatic hydroxyl groups is 6. The van der Waals surface area contributed by atoms with E-state index in [1.807, 2.05) is 0 Å². The van der Waals surface area contributed by atoms with Gasteiger partial charge in [0.2, 0.25) is 0 Å². The van der Waals surface area contributed by atoms with Crippen LogP contribution in [0, 0.1) is 0 Å². The van der Waals surface area contributed by atoms with Crippen LogP contribution in [0.2, 0.25) is 0 Å². The Morgan fingerprint density at radius 2 is 1.07 bits per heavy atom. The summed E-state index contributed by atoms with van der Waals surface area (Å²) in [4.78, 5) is 41.7. The molecule has 3 aromatic carbocycles. The number of rotatable bonds is 15. The molecule has 0 saturated heterocycles. The molecule has 12 heteroatoms. The van der Waals surface area contributed by atoms with Crippen molar-refractivity contribution in [3.63, 3.8) is 0 Å². The van der Waals surface area contributed by atoms with Crippen molar-refractivity contribution in [1.82, 2.24) is 10.2 Å². The topological polar surface area (TPSA) is 214 Å². The van der Waals surface area contributed by atoms with Gasteiger partial charge in [0.15, 0.2) is 40.3 Å². The molecule has 242 valence electrons. The maximum atomic E-state index is 13.6. The molecule has 0 aromatic heterocycles. The Balaban J connectivity index is 1.98. The van der Waals surface area contributed by atoms with E-state index in [1.165, 1.54) is 78.9 Å². The second-order valence-corrected chi connectivity index (χ2v) is 10.2. The SMILES string of the molecule is NCCCCNCCC(C(=O)C=Cc1ccc(O)c(O)c1)N(C(=O)C=Cc1ccc(O)c(O)c1)C(=O)C=Cc1ccc(O)c(O)c1. The second-order valence-electron chi connectivity index (χ2n) is 10.2. The Kier molecular flexibility index (Phi) is 12.9. The summed E-state index contributed by atoms with van der Waals surface area (Å²) in [6.45, 7) is 1.38. The molecule has 0 aliphatic rings. The lowest BCUT2D eigenvalue weighted by atomic mass is 10.0. The third kappa shape index (κ3) is 10.3. The summed E-state index contributed by atoms with van der Waals surface area (Å²) < 4.78 is 0. The molecule has 0 bridgehead atoms. The van der Waals surface area contributed by atoms with E-state index in [4.69, 9.17) is 5.73 Å². The number of phenols is 6. The number of imide groups is 1. The lowest BCUT2D eigenvalue weighted by molar-refractivity contribution is -0.145. The summed E-state index contributed by atoms with van der Waals surface area (Å²) in [6, 6.07) is 10.4. The number of nitrogens with one attached hydrogen (secondary N) is 1. The molecule has 1 atom stereocenters. The van der Waals surface area contributed by atoms with Crippen molar-refractivity contribution in [2.45, 2.75) is 25.3 Å². The highest BCUT2D eigenvalue weighted by molar-refractivity contribution is 6.12. The van der Waals surface area contributed by atoms with Gasteiger partial charge in [-0.15, -0.1) is 0 Å². The number of ketones is 1. The second kappa shape index (κ2) is 17.0. The van der Waals surface area contributed by atoms with Crippen LogP contribution in [0.1, 0.15) is 36.0 Å². The number of nitrogens with zero attached hydrogens (tertiary/aromatic N) is 1. The summed E-state index contributed by atoms with van der Waals surface area (Å²) in [7, 11) is 0. The van der Waals surface area contributed by atoms with Gasteiger partial charge in [0.1, 0.15) is 6.04 Å². The highest BCUT2D eigenvalue weighted by atomic mass is 16.3. The fraction of sp³-hybridized carbons (Fsp3) is 0.206. The summed E-state index contributed by atoms with van der Waals surface area (Å²) in [5, 5.41) is 61.5. The Hall–Kier alpha value is -5.59. The predicted octanol–water partition coefficient (Wildman–Crippen LogP) is 3.37. The predicted molar refractivity (Wildman–Crippen MR) is 173 cm³/mol. The van der Waals surface area contributed by atoms with Gasteiger partial charge < -0.3 is 41.7 Å². The van der Waals surface area contributed by atoms with Gasteiger partial charge in [-0.3, -0.25) is 19.3 Å². The largest absolute Gasteiger partial charge is 0.504 e. The van der Waals surface area contributed by atoms with Crippen LogP contribution in [0.4, 0.5) is 0 Å². The number of hydrogen-bond donors (Lipinski definition) is 8. The van der Waals surface area contributed by atoms with E-state index >= 15 is 0 Å². The number of amides is 2. The van der Waals surface area contributed by atoms with Crippen molar-refractivity contribution in [3.05, 3.63) is 89.5 Å². The zero-order valence-electron chi connectivity index (χ0n) is 24.9. The Labute approximate surface area is 265 Å². The van der Waals surface area contributed by atoms with E-state index in [2.05, 4.69) is 5.32 Å². The van der Waals surface area contributed by atoms with E-state index in [9.17, 15) is 45.0 Å². The van der Waals surface area contributed by atoms with Crippen molar-refractivity contribution in [2.24, 2.45) is 5.73 Å². The van der Waals surface area contributed by atoms with Gasteiger partial charge in [-0.2, -0.15) is 0 Å². The zero-order chi connectivity index (χ0) is 33.6. The summed E-state index contributed by atoms with van der Waals surface area (Å²) in [6.07, 6.45) is 8.88. The molecule has 2 amide bonds. The molecule has 0 aliphatic heterocycles. The normalized spacial score (nSPS) is 12.2. The summed E-state index contributed by atoms with van der Waals surface area (Å²) in [5.41, 5.74) is 6.60. The molecule has 46 heavy (non-hydrogen) atoms. The van der Waals surface area contributed by atoms with Gasteiger partial charge in [-0.05, 0) is 110 Å². The third-order valence-electron chi connectivity index (χ3n) is 6.79. The van der Waals surface area contributed by atoms with Gasteiger partial charge in [-0.1, -0.05) is 24.3 Å². The van der Waals surface area contributed by atoms with Gasteiger partial charge in [0.25, 0.3) is 11.8 Å². The van der Waals surface area contributed by atoms with Crippen LogP contribution in [-0.2, 0) is 14.4 Å². The zero-order valence-corrected chi connectivity index (χ0v) is 24.9. The van der Waals surface area contributed by atoms with Crippen LogP contribution in [0.3, 0.4) is 0 Å². The molecule has 0 spiro atoms. The average molecular weight is 632 g/mol. The monoisotopic (exact) mass is 631 g/mol. The summed E-state index contributed by atoms with van der Waals surface area (Å²) >= 11 is 0. The van der Waals surface area contributed by atoms with Crippen molar-refractivity contribution < 1.29 is 45.0 Å². The molecule has 3 aromatic rings. The van der Waals surface area contributed by atoms with E-state index in [1.54, 1.807) is 0 Å². The molecule has 0 aliphatic carbocycles. The minimum Gasteiger partial charge on any atom is -0.504 e. The van der Waals surface area contributed by atoms with Gasteiger partial charge in [-0.25, -0.2) is 0 Å². The maximum absolute atomic E-state index is 13.6. The van der Waals surface area contributed by atoms with Crippen molar-refractivity contribution >= 4 is 35.8 Å². The van der Waals surface area contributed by atoms with Crippen molar-refractivity contribution in [3.8, 4) is 34.5 Å². The number of hydrogen-bond acceptors (Lipinski definition) is 11.